The van der Waals surface area contributed by atoms with Crippen LogP contribution < -0.4 is 36.7 Å². The van der Waals surface area contributed by atoms with Crippen molar-refractivity contribution in [3.63, 3.8) is 0 Å². The van der Waals surface area contributed by atoms with E-state index in [0.717, 1.165) is 156 Å². The molecule has 11 heteroatoms. The van der Waals surface area contributed by atoms with E-state index >= 15 is 0 Å². The molecule has 0 saturated carbocycles. The lowest BCUT2D eigenvalue weighted by Gasteiger charge is -2.50. The molecule has 4 aliphatic rings. The Morgan fingerprint density at radius 3 is 0.754 bits per heavy atom. The zero-order valence-corrected chi connectivity index (χ0v) is 78.5. The van der Waals surface area contributed by atoms with Crippen LogP contribution in [0, 0.1) is 0 Å². The van der Waals surface area contributed by atoms with E-state index in [0.29, 0.717) is 10.8 Å². The zero-order chi connectivity index (χ0) is 92.2. The summed E-state index contributed by atoms with van der Waals surface area (Å²) in [5.41, 5.74) is 26.9. The maximum Gasteiger partial charge on any atom is 0.195 e. The Bertz CT molecular complexity index is 8340. The number of anilines is 10. The van der Waals surface area contributed by atoms with Gasteiger partial charge in [-0.15, -0.1) is 34.0 Å². The van der Waals surface area contributed by atoms with E-state index in [-0.39, 0.29) is 16.3 Å². The SMILES string of the molecule is O=c1c2ccccc2sc2cc(Br)ccc12.O=c1c2ccccc2sc2cc(N3c4ccccc4C(c4ccccc4)(c4ccccc4)c4cc5c(cc43)C(c3ccccc3)(c3ccccc3)c3ccccc3N5c3ccc4c(=O)c5ccccc5sc4c3)ccc12.c1ccc(C2(c3ccccc3)c3ccccc3Nc3cc4c(cc32)Nc2ccccc2C4(c2ccccc2)c2ccccc2)cc1. The first kappa shape index (κ1) is 83.6. The van der Waals surface area contributed by atoms with Crippen molar-refractivity contribution in [3.05, 3.63) is 616 Å². The van der Waals surface area contributed by atoms with Crippen molar-refractivity contribution in [1.82, 2.24) is 0 Å². The topological polar surface area (TPSA) is 81.8 Å². The number of para-hydroxylation sites is 4. The van der Waals surface area contributed by atoms with Crippen LogP contribution in [-0.2, 0) is 21.7 Å². The number of fused-ring (bicyclic) bond motifs is 14. The monoisotopic (exact) mass is 1890 g/mol. The van der Waals surface area contributed by atoms with Gasteiger partial charge < -0.3 is 20.4 Å². The van der Waals surface area contributed by atoms with Gasteiger partial charge in [0.15, 0.2) is 16.3 Å². The van der Waals surface area contributed by atoms with Gasteiger partial charge in [0, 0.05) is 99.1 Å². The van der Waals surface area contributed by atoms with Gasteiger partial charge in [-0.2, -0.15) is 0 Å². The minimum Gasteiger partial charge on any atom is -0.355 e. The van der Waals surface area contributed by atoms with Crippen molar-refractivity contribution >= 4 is 167 Å². The van der Waals surface area contributed by atoms with Gasteiger partial charge in [0.1, 0.15) is 0 Å². The maximum atomic E-state index is 14.2. The van der Waals surface area contributed by atoms with E-state index in [1.165, 1.54) is 44.5 Å². The van der Waals surface area contributed by atoms with Gasteiger partial charge in [-0.05, 0) is 229 Å². The van der Waals surface area contributed by atoms with E-state index in [2.05, 4.69) is 425 Å². The average molecular weight is 1890 g/mol. The summed E-state index contributed by atoms with van der Waals surface area (Å²) in [6.45, 7) is 0. The molecule has 0 fully saturated rings. The lowest BCUT2D eigenvalue weighted by atomic mass is 9.59. The Balaban J connectivity index is 0.000000136. The molecule has 7 nitrogen and oxygen atoms in total. The van der Waals surface area contributed by atoms with Crippen LogP contribution in [0.1, 0.15) is 89.0 Å². The van der Waals surface area contributed by atoms with E-state index in [4.69, 9.17) is 0 Å². The molecule has 3 aromatic heterocycles. The fraction of sp³-hybridized carbons (Fsp3) is 0.0315. The summed E-state index contributed by atoms with van der Waals surface area (Å²) in [5.74, 6) is 0. The van der Waals surface area contributed by atoms with Crippen LogP contribution in [0.4, 0.5) is 56.9 Å². The normalized spacial score (nSPS) is 13.9. The van der Waals surface area contributed by atoms with Crippen LogP contribution in [0.25, 0.3) is 60.5 Å². The smallest absolute Gasteiger partial charge is 0.195 e. The molecule has 4 aliphatic heterocycles. The highest BCUT2D eigenvalue weighted by molar-refractivity contribution is 9.10. The Morgan fingerprint density at radius 2 is 0.435 bits per heavy atom. The Hall–Kier alpha value is -16.3. The van der Waals surface area contributed by atoms with Gasteiger partial charge in [-0.3, -0.25) is 14.4 Å². The summed E-state index contributed by atoms with van der Waals surface area (Å²) in [7, 11) is 0. The van der Waals surface area contributed by atoms with Crippen molar-refractivity contribution in [2.75, 3.05) is 20.4 Å². The number of benzene rings is 20. The molecule has 0 radical (unpaired) electrons. The fourth-order valence-corrected chi connectivity index (χ4v) is 26.6. The molecule has 0 spiro atoms. The molecule has 0 bridgehead atoms. The predicted molar refractivity (Wildman–Crippen MR) is 581 cm³/mol. The van der Waals surface area contributed by atoms with Crippen LogP contribution in [0.2, 0.25) is 0 Å². The van der Waals surface area contributed by atoms with Crippen molar-refractivity contribution < 1.29 is 0 Å². The van der Waals surface area contributed by atoms with E-state index < -0.39 is 21.7 Å². The highest BCUT2D eigenvalue weighted by atomic mass is 79.9. The summed E-state index contributed by atoms with van der Waals surface area (Å²) in [6.07, 6.45) is 0. The van der Waals surface area contributed by atoms with Gasteiger partial charge in [-0.25, -0.2) is 0 Å². The van der Waals surface area contributed by atoms with Crippen molar-refractivity contribution in [2.24, 2.45) is 0 Å². The molecular formula is C127H83BrN4O3S3. The molecule has 0 amide bonds. The Labute approximate surface area is 818 Å². The van der Waals surface area contributed by atoms with Crippen LogP contribution in [0.3, 0.4) is 0 Å². The quantitative estimate of drug-likeness (QED) is 0.132. The van der Waals surface area contributed by atoms with Crippen LogP contribution in [0.5, 0.6) is 0 Å². The second-order valence-electron chi connectivity index (χ2n) is 35.6. The van der Waals surface area contributed by atoms with Gasteiger partial charge in [0.25, 0.3) is 0 Å². The third-order valence-electron chi connectivity index (χ3n) is 28.5. The van der Waals surface area contributed by atoms with Gasteiger partial charge in [0.05, 0.1) is 44.4 Å². The third kappa shape index (κ3) is 13.0. The molecule has 20 aromatic carbocycles. The molecule has 2 N–H and O–H groups in total. The minimum atomic E-state index is -0.829. The van der Waals surface area contributed by atoms with Crippen molar-refractivity contribution in [1.29, 1.82) is 0 Å². The van der Waals surface area contributed by atoms with E-state index in [9.17, 15) is 14.4 Å². The van der Waals surface area contributed by atoms with Gasteiger partial charge in [0.2, 0.25) is 0 Å². The summed E-state index contributed by atoms with van der Waals surface area (Å²) in [6, 6.07) is 175. The Morgan fingerprint density at radius 1 is 0.188 bits per heavy atom. The molecule has 0 atom stereocenters. The summed E-state index contributed by atoms with van der Waals surface area (Å²) in [4.78, 5) is 45.6. The highest BCUT2D eigenvalue weighted by Crippen LogP contribution is 2.66. The molecule has 0 saturated heterocycles. The van der Waals surface area contributed by atoms with E-state index in [1.807, 2.05) is 103 Å². The molecule has 23 aromatic rings. The number of hydrogen-bond donors (Lipinski definition) is 2. The summed E-state index contributed by atoms with van der Waals surface area (Å²) in [5, 5.41) is 12.3. The van der Waals surface area contributed by atoms with Crippen LogP contribution >= 0.6 is 49.9 Å². The molecule has 27 rings (SSSR count). The van der Waals surface area contributed by atoms with Crippen molar-refractivity contribution in [3.8, 4) is 0 Å². The zero-order valence-electron chi connectivity index (χ0n) is 74.5. The second-order valence-corrected chi connectivity index (χ2v) is 39.8. The molecule has 654 valence electrons. The molecule has 7 heterocycles. The lowest BCUT2D eigenvalue weighted by Crippen LogP contribution is -2.41. The minimum absolute atomic E-state index is 0.0417. The summed E-state index contributed by atoms with van der Waals surface area (Å²) < 4.78 is 6.84. The predicted octanol–water partition coefficient (Wildman–Crippen LogP) is 32.2. The molecule has 0 aliphatic carbocycles. The largest absolute Gasteiger partial charge is 0.355 e. The van der Waals surface area contributed by atoms with Gasteiger partial charge >= 0.3 is 0 Å². The lowest BCUT2D eigenvalue weighted by molar-refractivity contribution is 0.711. The standard InChI is InChI=1S/C70H44N2O2S2.C44H32N2.C13H7BrOS/c73-67-51-29-13-19-35-63(51)75-65-41-49(37-39-53(65)67)71-59-33-17-15-31-55(59)69(45-21-5-1-6-22-45,46-23-7-2-8-24-46)57-43-62-58(44-61(57)71)70(47-25-9-3-10-26-47,48-27-11-4-12-28-48)56-32-16-18-34-60(56)72(62)50-38-40-54-66(42-50)76-64-36-20-14-30-52(64)68(54)74;1-5-17-31(18-6-1)43(32-19-7-2-8-20-32)35-25-13-15-27-39(35)45-41-30-38-42(29-37(41)43)46-40-28-16-14-26-36(40)44(38,33-21-9-3-10-22-33)34-23-11-4-12-24-34;14-8-5-6-10-12(7-8)16-11-4-2-1-3-9(11)13(10)15/h1-44H;1-30,45-46H;1-7H. The van der Waals surface area contributed by atoms with Crippen molar-refractivity contribution in [2.45, 2.75) is 21.7 Å². The number of rotatable bonds is 10. The molecule has 0 unspecified atom stereocenters. The first-order valence-corrected chi connectivity index (χ1v) is 49.7. The second kappa shape index (κ2) is 34.0. The van der Waals surface area contributed by atoms with Gasteiger partial charge in [-0.1, -0.05) is 368 Å². The number of nitrogens with one attached hydrogen (secondary N) is 2. The number of nitrogens with zero attached hydrogens (tertiary/aromatic N) is 2. The van der Waals surface area contributed by atoms with E-state index in [1.54, 1.807) is 34.0 Å². The summed E-state index contributed by atoms with van der Waals surface area (Å²) >= 11 is 8.39. The average Bonchev–Trinajstić information content (AvgIpc) is 0.663. The maximum absolute atomic E-state index is 14.2. The first-order valence-electron chi connectivity index (χ1n) is 46.5. The van der Waals surface area contributed by atoms with Crippen LogP contribution in [-0.4, -0.2) is 0 Å². The molecular weight excluding hydrogens is 1810 g/mol. The third-order valence-corrected chi connectivity index (χ3v) is 32.4. The Kier molecular flexibility index (Phi) is 20.6. The fourth-order valence-electron chi connectivity index (χ4n) is 22.8. The van der Waals surface area contributed by atoms with Crippen LogP contribution in [0.15, 0.2) is 510 Å². The first-order chi connectivity index (χ1) is 68.1. The number of hydrogen-bond acceptors (Lipinski definition) is 10. The molecule has 138 heavy (non-hydrogen) atoms. The highest BCUT2D eigenvalue weighted by Gasteiger charge is 2.54. The number of halogens is 1.